The van der Waals surface area contributed by atoms with Crippen LogP contribution in [0.1, 0.15) is 35.5 Å². The third-order valence-electron chi connectivity index (χ3n) is 3.52. The SMILES string of the molecule is CCn1nc(C)c(Cl)c1CC(NN)c1cc(C)cc(Br)c1. The van der Waals surface area contributed by atoms with E-state index in [9.17, 15) is 0 Å². The van der Waals surface area contributed by atoms with Gasteiger partial charge in [-0.2, -0.15) is 5.10 Å². The highest BCUT2D eigenvalue weighted by molar-refractivity contribution is 9.10. The summed E-state index contributed by atoms with van der Waals surface area (Å²) in [7, 11) is 0. The lowest BCUT2D eigenvalue weighted by molar-refractivity contribution is 0.516. The molecule has 0 spiro atoms. The number of hydrogen-bond donors (Lipinski definition) is 2. The van der Waals surface area contributed by atoms with E-state index >= 15 is 0 Å². The molecule has 0 bridgehead atoms. The highest BCUT2D eigenvalue weighted by Gasteiger charge is 2.19. The van der Waals surface area contributed by atoms with Crippen molar-refractivity contribution in [2.45, 2.75) is 39.8 Å². The Balaban J connectivity index is 2.35. The van der Waals surface area contributed by atoms with Crippen molar-refractivity contribution in [2.24, 2.45) is 5.84 Å². The lowest BCUT2D eigenvalue weighted by Gasteiger charge is -2.18. The molecule has 114 valence electrons. The molecule has 2 aromatic rings. The minimum atomic E-state index is -0.0138. The second-order valence-electron chi connectivity index (χ2n) is 5.15. The van der Waals surface area contributed by atoms with Gasteiger partial charge in [-0.3, -0.25) is 16.0 Å². The smallest absolute Gasteiger partial charge is 0.0847 e. The molecule has 1 aromatic carbocycles. The number of rotatable bonds is 5. The van der Waals surface area contributed by atoms with Gasteiger partial charge in [-0.1, -0.05) is 33.6 Å². The lowest BCUT2D eigenvalue weighted by Crippen LogP contribution is -2.30. The molecule has 1 aromatic heterocycles. The van der Waals surface area contributed by atoms with Gasteiger partial charge in [-0.15, -0.1) is 0 Å². The van der Waals surface area contributed by atoms with Gasteiger partial charge in [0.15, 0.2) is 0 Å². The topological polar surface area (TPSA) is 55.9 Å². The predicted octanol–water partition coefficient (Wildman–Crippen LogP) is 3.68. The lowest BCUT2D eigenvalue weighted by atomic mass is 10.0. The fraction of sp³-hybridized carbons (Fsp3) is 0.400. The van der Waals surface area contributed by atoms with E-state index in [4.69, 9.17) is 17.4 Å². The first-order chi connectivity index (χ1) is 9.96. The highest BCUT2D eigenvalue weighted by atomic mass is 79.9. The van der Waals surface area contributed by atoms with Gasteiger partial charge in [0.1, 0.15) is 0 Å². The van der Waals surface area contributed by atoms with E-state index < -0.39 is 0 Å². The normalized spacial score (nSPS) is 12.7. The van der Waals surface area contributed by atoms with Crippen LogP contribution >= 0.6 is 27.5 Å². The number of nitrogens with one attached hydrogen (secondary N) is 1. The first-order valence-corrected chi connectivity index (χ1v) is 8.08. The van der Waals surface area contributed by atoms with Crippen LogP contribution in [-0.4, -0.2) is 9.78 Å². The van der Waals surface area contributed by atoms with E-state index in [1.165, 1.54) is 5.56 Å². The summed E-state index contributed by atoms with van der Waals surface area (Å²) < 4.78 is 2.98. The summed E-state index contributed by atoms with van der Waals surface area (Å²) in [5, 5.41) is 5.18. The first-order valence-electron chi connectivity index (χ1n) is 6.91. The number of nitrogens with zero attached hydrogens (tertiary/aromatic N) is 2. The zero-order chi connectivity index (χ0) is 15.6. The molecular weight excluding hydrogens is 352 g/mol. The molecule has 21 heavy (non-hydrogen) atoms. The molecule has 3 N–H and O–H groups in total. The standard InChI is InChI=1S/C15H20BrClN4/c1-4-21-14(15(17)10(3)20-21)8-13(19-18)11-5-9(2)6-12(16)7-11/h5-7,13,19H,4,8,18H2,1-3H3. The van der Waals surface area contributed by atoms with Crippen LogP contribution in [0.15, 0.2) is 22.7 Å². The third kappa shape index (κ3) is 3.66. The molecule has 0 aliphatic rings. The third-order valence-corrected chi connectivity index (χ3v) is 4.47. The van der Waals surface area contributed by atoms with Gasteiger partial charge in [0.05, 0.1) is 22.5 Å². The molecule has 2 rings (SSSR count). The molecule has 0 fully saturated rings. The number of hydrogen-bond acceptors (Lipinski definition) is 3. The van der Waals surface area contributed by atoms with Crippen molar-refractivity contribution >= 4 is 27.5 Å². The molecule has 1 atom stereocenters. The predicted molar refractivity (Wildman–Crippen MR) is 90.3 cm³/mol. The summed E-state index contributed by atoms with van der Waals surface area (Å²) in [5.41, 5.74) is 7.07. The van der Waals surface area contributed by atoms with Crippen LogP contribution < -0.4 is 11.3 Å². The molecule has 0 aliphatic heterocycles. The van der Waals surface area contributed by atoms with E-state index in [1.807, 2.05) is 11.6 Å². The Morgan fingerprint density at radius 3 is 2.67 bits per heavy atom. The second-order valence-corrected chi connectivity index (χ2v) is 6.44. The summed E-state index contributed by atoms with van der Waals surface area (Å²) in [6.07, 6.45) is 0.694. The van der Waals surface area contributed by atoms with E-state index in [2.05, 4.69) is 58.5 Å². The first kappa shape index (κ1) is 16.5. The van der Waals surface area contributed by atoms with Crippen molar-refractivity contribution in [2.75, 3.05) is 0 Å². The van der Waals surface area contributed by atoms with Crippen molar-refractivity contribution in [3.05, 3.63) is 50.2 Å². The van der Waals surface area contributed by atoms with Crippen molar-refractivity contribution in [3.63, 3.8) is 0 Å². The Morgan fingerprint density at radius 1 is 1.38 bits per heavy atom. The molecule has 0 saturated heterocycles. The molecule has 1 unspecified atom stereocenters. The quantitative estimate of drug-likeness (QED) is 0.622. The van der Waals surface area contributed by atoms with Gasteiger partial charge in [0, 0.05) is 17.4 Å². The fourth-order valence-electron chi connectivity index (χ4n) is 2.50. The number of hydrazine groups is 1. The molecule has 0 saturated carbocycles. The minimum Gasteiger partial charge on any atom is -0.271 e. The number of halogens is 2. The Morgan fingerprint density at radius 2 is 2.10 bits per heavy atom. The average molecular weight is 372 g/mol. The second kappa shape index (κ2) is 6.92. The van der Waals surface area contributed by atoms with Gasteiger partial charge < -0.3 is 0 Å². The maximum atomic E-state index is 6.38. The van der Waals surface area contributed by atoms with E-state index in [0.29, 0.717) is 6.42 Å². The van der Waals surface area contributed by atoms with Crippen LogP contribution in [-0.2, 0) is 13.0 Å². The molecular formula is C15H20BrClN4. The number of aryl methyl sites for hydroxylation is 3. The molecule has 0 amide bonds. The van der Waals surface area contributed by atoms with E-state index in [1.54, 1.807) is 0 Å². The minimum absolute atomic E-state index is 0.0138. The van der Waals surface area contributed by atoms with Gasteiger partial charge in [0.25, 0.3) is 0 Å². The Kier molecular flexibility index (Phi) is 5.43. The molecule has 0 aliphatic carbocycles. The summed E-state index contributed by atoms with van der Waals surface area (Å²) in [6.45, 7) is 6.83. The van der Waals surface area contributed by atoms with Gasteiger partial charge in [-0.25, -0.2) is 0 Å². The van der Waals surface area contributed by atoms with Crippen molar-refractivity contribution < 1.29 is 0 Å². The Bertz CT molecular complexity index is 619. The van der Waals surface area contributed by atoms with Gasteiger partial charge in [0.2, 0.25) is 0 Å². The molecule has 6 heteroatoms. The molecule has 0 radical (unpaired) electrons. The number of aromatic nitrogens is 2. The average Bonchev–Trinajstić information content (AvgIpc) is 2.70. The van der Waals surface area contributed by atoms with Crippen LogP contribution in [0.5, 0.6) is 0 Å². The van der Waals surface area contributed by atoms with Crippen LogP contribution in [0.3, 0.4) is 0 Å². The van der Waals surface area contributed by atoms with Crippen LogP contribution in [0.2, 0.25) is 5.02 Å². The fourth-order valence-corrected chi connectivity index (χ4v) is 3.33. The van der Waals surface area contributed by atoms with E-state index in [-0.39, 0.29) is 6.04 Å². The largest absolute Gasteiger partial charge is 0.271 e. The maximum absolute atomic E-state index is 6.38. The van der Waals surface area contributed by atoms with Crippen molar-refractivity contribution in [1.29, 1.82) is 0 Å². The van der Waals surface area contributed by atoms with Gasteiger partial charge >= 0.3 is 0 Å². The summed E-state index contributed by atoms with van der Waals surface area (Å²) in [5.74, 6) is 5.76. The zero-order valence-electron chi connectivity index (χ0n) is 12.5. The monoisotopic (exact) mass is 370 g/mol. The molecule has 4 nitrogen and oxygen atoms in total. The zero-order valence-corrected chi connectivity index (χ0v) is 14.8. The summed E-state index contributed by atoms with van der Waals surface area (Å²) in [6, 6.07) is 6.26. The molecule has 1 heterocycles. The summed E-state index contributed by atoms with van der Waals surface area (Å²) >= 11 is 9.91. The Hall–Kier alpha value is -0.880. The Labute approximate surface area is 138 Å². The number of benzene rings is 1. The van der Waals surface area contributed by atoms with Gasteiger partial charge in [-0.05, 0) is 44.0 Å². The van der Waals surface area contributed by atoms with Crippen LogP contribution in [0.25, 0.3) is 0 Å². The summed E-state index contributed by atoms with van der Waals surface area (Å²) in [4.78, 5) is 0. The van der Waals surface area contributed by atoms with Crippen molar-refractivity contribution in [1.82, 2.24) is 15.2 Å². The highest BCUT2D eigenvalue weighted by Crippen LogP contribution is 2.27. The van der Waals surface area contributed by atoms with Crippen molar-refractivity contribution in [3.8, 4) is 0 Å². The van der Waals surface area contributed by atoms with E-state index in [0.717, 1.165) is 33.0 Å². The maximum Gasteiger partial charge on any atom is 0.0847 e. The van der Waals surface area contributed by atoms with Crippen LogP contribution in [0, 0.1) is 13.8 Å². The number of nitrogens with two attached hydrogens (primary N) is 1. The van der Waals surface area contributed by atoms with Crippen LogP contribution in [0.4, 0.5) is 0 Å².